The Hall–Kier alpha value is -2.69. The molecule has 0 saturated carbocycles. The lowest BCUT2D eigenvalue weighted by atomic mass is 10.1. The molecule has 0 aliphatic heterocycles. The smallest absolute Gasteiger partial charge is 0.191 e. The van der Waals surface area contributed by atoms with Gasteiger partial charge in [-0.1, -0.05) is 43.3 Å². The molecule has 0 atom stereocenters. The molecule has 0 unspecified atom stereocenters. The average Bonchev–Trinajstić information content (AvgIpc) is 2.69. The topological polar surface area (TPSA) is 54.9 Å². The van der Waals surface area contributed by atoms with E-state index in [0.717, 1.165) is 42.5 Å². The number of aliphatic imine (C=N–C) groups is 1. The van der Waals surface area contributed by atoms with Gasteiger partial charge in [-0.05, 0) is 30.5 Å². The third-order valence-corrected chi connectivity index (χ3v) is 4.18. The minimum Gasteiger partial charge on any atom is -0.493 e. The SMILES string of the molecule is CCNC(=NCc1cccc(OC)c1OC)NCc1ccccc1CC. The van der Waals surface area contributed by atoms with Gasteiger partial charge in [0.05, 0.1) is 20.8 Å². The van der Waals surface area contributed by atoms with E-state index in [4.69, 9.17) is 14.5 Å². The predicted molar refractivity (Wildman–Crippen MR) is 107 cm³/mol. The van der Waals surface area contributed by atoms with E-state index in [2.05, 4.69) is 48.7 Å². The zero-order valence-corrected chi connectivity index (χ0v) is 16.1. The summed E-state index contributed by atoms with van der Waals surface area (Å²) < 4.78 is 10.8. The van der Waals surface area contributed by atoms with Gasteiger partial charge in [0.1, 0.15) is 0 Å². The highest BCUT2D eigenvalue weighted by atomic mass is 16.5. The fourth-order valence-electron chi connectivity index (χ4n) is 2.84. The molecule has 0 amide bonds. The van der Waals surface area contributed by atoms with Gasteiger partial charge in [0, 0.05) is 18.7 Å². The number of guanidine groups is 1. The van der Waals surface area contributed by atoms with Gasteiger partial charge in [0.25, 0.3) is 0 Å². The third kappa shape index (κ3) is 5.15. The van der Waals surface area contributed by atoms with E-state index in [1.807, 2.05) is 18.2 Å². The van der Waals surface area contributed by atoms with Crippen molar-refractivity contribution in [1.82, 2.24) is 10.6 Å². The predicted octanol–water partition coefficient (Wildman–Crippen LogP) is 3.52. The Balaban J connectivity index is 2.12. The van der Waals surface area contributed by atoms with Crippen molar-refractivity contribution in [2.24, 2.45) is 4.99 Å². The minimum absolute atomic E-state index is 0.505. The van der Waals surface area contributed by atoms with Crippen LogP contribution in [-0.4, -0.2) is 26.7 Å². The maximum Gasteiger partial charge on any atom is 0.191 e. The molecule has 140 valence electrons. The normalized spacial score (nSPS) is 11.2. The second-order valence-electron chi connectivity index (χ2n) is 5.82. The first-order valence-electron chi connectivity index (χ1n) is 9.02. The number of hydrogen-bond donors (Lipinski definition) is 2. The molecule has 5 heteroatoms. The molecule has 0 aliphatic carbocycles. The summed E-state index contributed by atoms with van der Waals surface area (Å²) in [5, 5.41) is 6.71. The molecular weight excluding hydrogens is 326 g/mol. The van der Waals surface area contributed by atoms with E-state index < -0.39 is 0 Å². The molecule has 26 heavy (non-hydrogen) atoms. The fourth-order valence-corrected chi connectivity index (χ4v) is 2.84. The molecular formula is C21H29N3O2. The van der Waals surface area contributed by atoms with Crippen molar-refractivity contribution in [3.05, 3.63) is 59.2 Å². The highest BCUT2D eigenvalue weighted by molar-refractivity contribution is 5.79. The standard InChI is InChI=1S/C21H29N3O2/c1-5-16-10-7-8-11-17(16)14-23-21(22-6-2)24-15-18-12-9-13-19(25-3)20(18)26-4/h7-13H,5-6,14-15H2,1-4H3,(H2,22,23,24). The Morgan fingerprint density at radius 2 is 1.62 bits per heavy atom. The molecule has 0 aliphatic rings. The second-order valence-corrected chi connectivity index (χ2v) is 5.82. The average molecular weight is 355 g/mol. The van der Waals surface area contributed by atoms with Gasteiger partial charge in [-0.2, -0.15) is 0 Å². The molecule has 0 aromatic heterocycles. The van der Waals surface area contributed by atoms with Gasteiger partial charge in [-0.25, -0.2) is 4.99 Å². The molecule has 0 spiro atoms. The van der Waals surface area contributed by atoms with Crippen molar-refractivity contribution in [2.45, 2.75) is 33.4 Å². The largest absolute Gasteiger partial charge is 0.493 e. The quantitative estimate of drug-likeness (QED) is 0.562. The Bertz CT molecular complexity index is 729. The summed E-state index contributed by atoms with van der Waals surface area (Å²) >= 11 is 0. The van der Waals surface area contributed by atoms with Crippen LogP contribution in [0.3, 0.4) is 0 Å². The first kappa shape index (κ1) is 19.6. The van der Waals surface area contributed by atoms with Gasteiger partial charge in [0.2, 0.25) is 0 Å². The lowest BCUT2D eigenvalue weighted by molar-refractivity contribution is 0.352. The molecule has 5 nitrogen and oxygen atoms in total. The molecule has 0 heterocycles. The molecule has 0 saturated heterocycles. The highest BCUT2D eigenvalue weighted by Crippen LogP contribution is 2.31. The number of hydrogen-bond acceptors (Lipinski definition) is 3. The van der Waals surface area contributed by atoms with Gasteiger partial charge < -0.3 is 20.1 Å². The highest BCUT2D eigenvalue weighted by Gasteiger charge is 2.09. The van der Waals surface area contributed by atoms with Gasteiger partial charge >= 0.3 is 0 Å². The summed E-state index contributed by atoms with van der Waals surface area (Å²) in [5.74, 6) is 2.23. The molecule has 2 rings (SSSR count). The summed E-state index contributed by atoms with van der Waals surface area (Å²) in [4.78, 5) is 4.70. The first-order valence-corrected chi connectivity index (χ1v) is 9.02. The molecule has 0 radical (unpaired) electrons. The van der Waals surface area contributed by atoms with Crippen LogP contribution >= 0.6 is 0 Å². The van der Waals surface area contributed by atoms with E-state index in [1.54, 1.807) is 14.2 Å². The van der Waals surface area contributed by atoms with Crippen molar-refractivity contribution in [3.63, 3.8) is 0 Å². The van der Waals surface area contributed by atoms with E-state index >= 15 is 0 Å². The van der Waals surface area contributed by atoms with Crippen molar-refractivity contribution < 1.29 is 9.47 Å². The molecule has 2 N–H and O–H groups in total. The Labute approximate surface area is 156 Å². The number of ether oxygens (including phenoxy) is 2. The van der Waals surface area contributed by atoms with Crippen LogP contribution in [-0.2, 0) is 19.5 Å². The maximum absolute atomic E-state index is 5.48. The van der Waals surface area contributed by atoms with Crippen LogP contribution in [0.25, 0.3) is 0 Å². The maximum atomic E-state index is 5.48. The third-order valence-electron chi connectivity index (χ3n) is 4.18. The van der Waals surface area contributed by atoms with Gasteiger partial charge in [0.15, 0.2) is 17.5 Å². The fraction of sp³-hybridized carbons (Fsp3) is 0.381. The number of nitrogens with one attached hydrogen (secondary N) is 2. The Kier molecular flexibility index (Phi) is 7.80. The monoisotopic (exact) mass is 355 g/mol. The van der Waals surface area contributed by atoms with Crippen LogP contribution in [0.15, 0.2) is 47.5 Å². The van der Waals surface area contributed by atoms with E-state index in [9.17, 15) is 0 Å². The number of aryl methyl sites for hydroxylation is 1. The van der Waals surface area contributed by atoms with Crippen LogP contribution in [0.5, 0.6) is 11.5 Å². The van der Waals surface area contributed by atoms with E-state index in [-0.39, 0.29) is 0 Å². The van der Waals surface area contributed by atoms with Crippen molar-refractivity contribution in [1.29, 1.82) is 0 Å². The lowest BCUT2D eigenvalue weighted by Crippen LogP contribution is -2.37. The zero-order chi connectivity index (χ0) is 18.8. The van der Waals surface area contributed by atoms with E-state index in [0.29, 0.717) is 6.54 Å². The van der Waals surface area contributed by atoms with Crippen LogP contribution in [0.1, 0.15) is 30.5 Å². The van der Waals surface area contributed by atoms with E-state index in [1.165, 1.54) is 11.1 Å². The summed E-state index contributed by atoms with van der Waals surface area (Å²) in [6, 6.07) is 14.3. The van der Waals surface area contributed by atoms with Gasteiger partial charge in [-0.3, -0.25) is 0 Å². The molecule has 0 fully saturated rings. The number of rotatable bonds is 8. The summed E-state index contributed by atoms with van der Waals surface area (Å²) in [5.41, 5.74) is 3.63. The number of benzene rings is 2. The molecule has 0 bridgehead atoms. The van der Waals surface area contributed by atoms with Gasteiger partial charge in [-0.15, -0.1) is 0 Å². The van der Waals surface area contributed by atoms with Crippen molar-refractivity contribution in [3.8, 4) is 11.5 Å². The summed E-state index contributed by atoms with van der Waals surface area (Å²) in [6.07, 6.45) is 1.02. The van der Waals surface area contributed by atoms with Crippen LogP contribution in [0.4, 0.5) is 0 Å². The van der Waals surface area contributed by atoms with Crippen LogP contribution in [0.2, 0.25) is 0 Å². The summed E-state index contributed by atoms with van der Waals surface area (Å²) in [7, 11) is 3.29. The van der Waals surface area contributed by atoms with Crippen molar-refractivity contribution in [2.75, 3.05) is 20.8 Å². The van der Waals surface area contributed by atoms with Crippen LogP contribution < -0.4 is 20.1 Å². The number of para-hydroxylation sites is 1. The molecule has 2 aromatic carbocycles. The van der Waals surface area contributed by atoms with Crippen molar-refractivity contribution >= 4 is 5.96 Å². The first-order chi connectivity index (χ1) is 12.7. The number of nitrogens with zero attached hydrogens (tertiary/aromatic N) is 1. The lowest BCUT2D eigenvalue weighted by Gasteiger charge is -2.14. The Morgan fingerprint density at radius 3 is 2.27 bits per heavy atom. The second kappa shape index (κ2) is 10.3. The molecule has 2 aromatic rings. The summed E-state index contributed by atoms with van der Waals surface area (Å²) in [6.45, 7) is 6.28. The Morgan fingerprint density at radius 1 is 0.885 bits per heavy atom. The number of methoxy groups -OCH3 is 2. The zero-order valence-electron chi connectivity index (χ0n) is 16.1. The van der Waals surface area contributed by atoms with Crippen LogP contribution in [0, 0.1) is 0 Å². The minimum atomic E-state index is 0.505.